The second-order valence-electron chi connectivity index (χ2n) is 8.82. The van der Waals surface area contributed by atoms with Crippen molar-refractivity contribution < 1.29 is 4.79 Å². The molecule has 2 aliphatic rings. The fourth-order valence-electron chi connectivity index (χ4n) is 4.87. The summed E-state index contributed by atoms with van der Waals surface area (Å²) in [6, 6.07) is 11.4. The maximum Gasteiger partial charge on any atom is 0.222 e. The molecule has 2 fully saturated rings. The van der Waals surface area contributed by atoms with Crippen LogP contribution in [0.4, 0.5) is 0 Å². The van der Waals surface area contributed by atoms with Crippen molar-refractivity contribution in [3.63, 3.8) is 0 Å². The Morgan fingerprint density at radius 2 is 1.92 bits per heavy atom. The van der Waals surface area contributed by atoms with Crippen LogP contribution in [0.3, 0.4) is 0 Å². The molecule has 2 aliphatic heterocycles. The Bertz CT molecular complexity index is 601. The minimum absolute atomic E-state index is 0.124. The Labute approximate surface area is 159 Å². The van der Waals surface area contributed by atoms with Gasteiger partial charge in [0, 0.05) is 44.1 Å². The lowest BCUT2D eigenvalue weighted by atomic mass is 9.71. The van der Waals surface area contributed by atoms with E-state index >= 15 is 0 Å². The number of hydrogen-bond acceptors (Lipinski definition) is 3. The van der Waals surface area contributed by atoms with Crippen LogP contribution < -0.4 is 0 Å². The van der Waals surface area contributed by atoms with Crippen LogP contribution >= 0.6 is 0 Å². The summed E-state index contributed by atoms with van der Waals surface area (Å²) in [6.45, 7) is 9.50. The fourth-order valence-corrected chi connectivity index (χ4v) is 4.87. The summed E-state index contributed by atoms with van der Waals surface area (Å²) >= 11 is 0. The smallest absolute Gasteiger partial charge is 0.222 e. The van der Waals surface area contributed by atoms with Gasteiger partial charge >= 0.3 is 0 Å². The normalized spacial score (nSPS) is 27.2. The van der Waals surface area contributed by atoms with Crippen molar-refractivity contribution >= 4 is 5.91 Å². The van der Waals surface area contributed by atoms with Crippen LogP contribution in [0.5, 0.6) is 0 Å². The second-order valence-corrected chi connectivity index (χ2v) is 8.82. The zero-order valence-corrected chi connectivity index (χ0v) is 16.9. The van der Waals surface area contributed by atoms with Gasteiger partial charge in [0.2, 0.25) is 5.91 Å². The van der Waals surface area contributed by atoms with E-state index in [-0.39, 0.29) is 5.41 Å². The minimum atomic E-state index is 0.124. The molecule has 144 valence electrons. The number of rotatable bonds is 6. The Hall–Kier alpha value is -1.39. The molecule has 0 radical (unpaired) electrons. The monoisotopic (exact) mass is 357 g/mol. The van der Waals surface area contributed by atoms with Gasteiger partial charge in [0.25, 0.3) is 0 Å². The molecule has 4 nitrogen and oxygen atoms in total. The van der Waals surface area contributed by atoms with Crippen molar-refractivity contribution in [3.8, 4) is 0 Å². The fraction of sp³-hybridized carbons (Fsp3) is 0.682. The minimum Gasteiger partial charge on any atom is -0.340 e. The van der Waals surface area contributed by atoms with Crippen molar-refractivity contribution in [2.75, 3.05) is 46.8 Å². The highest BCUT2D eigenvalue weighted by Gasteiger charge is 2.50. The standard InChI is InChI=1S/C22H35N3O/c1-18(2)16-24-13-12-22(19-8-6-5-7-9-19)11-10-21(26)25(17-20(22)24)15-14-23(3)4/h5-9,18,20H,10-17H2,1-4H3/t20-,22+/m0/s1. The number of nitrogens with zero attached hydrogens (tertiary/aromatic N) is 3. The summed E-state index contributed by atoms with van der Waals surface area (Å²) in [5, 5.41) is 0. The number of fused-ring (bicyclic) bond motifs is 1. The summed E-state index contributed by atoms with van der Waals surface area (Å²) in [5.74, 6) is 0.983. The molecule has 4 heteroatoms. The predicted molar refractivity (Wildman–Crippen MR) is 107 cm³/mol. The van der Waals surface area contributed by atoms with E-state index in [9.17, 15) is 4.79 Å². The van der Waals surface area contributed by atoms with Crippen LogP contribution in [0.15, 0.2) is 30.3 Å². The third-order valence-corrected chi connectivity index (χ3v) is 6.22. The van der Waals surface area contributed by atoms with E-state index in [1.807, 2.05) is 0 Å². The molecule has 0 aromatic heterocycles. The summed E-state index contributed by atoms with van der Waals surface area (Å²) in [7, 11) is 4.16. The first-order valence-corrected chi connectivity index (χ1v) is 10.1. The molecule has 0 aliphatic carbocycles. The number of benzene rings is 1. The Morgan fingerprint density at radius 3 is 2.58 bits per heavy atom. The van der Waals surface area contributed by atoms with Crippen LogP contribution in [0, 0.1) is 5.92 Å². The first-order valence-electron chi connectivity index (χ1n) is 10.1. The number of likely N-dealkylation sites (N-methyl/N-ethyl adjacent to an activating group) is 1. The van der Waals surface area contributed by atoms with Crippen LogP contribution in [-0.4, -0.2) is 73.5 Å². The third kappa shape index (κ3) is 3.96. The van der Waals surface area contributed by atoms with E-state index in [1.165, 1.54) is 12.0 Å². The second kappa shape index (κ2) is 8.10. The highest BCUT2D eigenvalue weighted by molar-refractivity contribution is 5.77. The van der Waals surface area contributed by atoms with Crippen molar-refractivity contribution in [3.05, 3.63) is 35.9 Å². The number of amides is 1. The molecule has 0 saturated carbocycles. The molecule has 1 amide bonds. The first-order chi connectivity index (χ1) is 12.4. The molecule has 0 N–H and O–H groups in total. The van der Waals surface area contributed by atoms with Gasteiger partial charge in [-0.15, -0.1) is 0 Å². The largest absolute Gasteiger partial charge is 0.340 e. The zero-order chi connectivity index (χ0) is 18.7. The SMILES string of the molecule is CC(C)CN1CC[C@@]2(c3ccccc3)CCC(=O)N(CCN(C)C)C[C@H]12. The predicted octanol–water partition coefficient (Wildman–Crippen LogP) is 2.84. The molecule has 1 aromatic carbocycles. The van der Waals surface area contributed by atoms with E-state index < -0.39 is 0 Å². The van der Waals surface area contributed by atoms with Gasteiger partial charge in [0.1, 0.15) is 0 Å². The molecule has 0 unspecified atom stereocenters. The van der Waals surface area contributed by atoms with Crippen molar-refractivity contribution in [2.24, 2.45) is 5.92 Å². The van der Waals surface area contributed by atoms with Crippen molar-refractivity contribution in [2.45, 2.75) is 44.6 Å². The Balaban J connectivity index is 1.91. The first kappa shape index (κ1) is 19.4. The summed E-state index contributed by atoms with van der Waals surface area (Å²) in [5.41, 5.74) is 1.55. The van der Waals surface area contributed by atoms with Crippen molar-refractivity contribution in [1.82, 2.24) is 14.7 Å². The molecule has 3 rings (SSSR count). The third-order valence-electron chi connectivity index (χ3n) is 6.22. The van der Waals surface area contributed by atoms with E-state index in [0.717, 1.165) is 39.1 Å². The van der Waals surface area contributed by atoms with Crippen LogP contribution in [0.1, 0.15) is 38.7 Å². The highest BCUT2D eigenvalue weighted by atomic mass is 16.2. The molecular formula is C22H35N3O. The molecule has 26 heavy (non-hydrogen) atoms. The van der Waals surface area contributed by atoms with Gasteiger partial charge in [0.15, 0.2) is 0 Å². The maximum absolute atomic E-state index is 12.8. The molecule has 2 heterocycles. The molecule has 0 bridgehead atoms. The van der Waals surface area contributed by atoms with E-state index in [2.05, 4.69) is 73.0 Å². The van der Waals surface area contributed by atoms with E-state index in [1.54, 1.807) is 0 Å². The number of likely N-dealkylation sites (tertiary alicyclic amines) is 2. The lowest BCUT2D eigenvalue weighted by Gasteiger charge is -2.39. The topological polar surface area (TPSA) is 26.8 Å². The molecule has 2 saturated heterocycles. The van der Waals surface area contributed by atoms with Gasteiger partial charge in [-0.2, -0.15) is 0 Å². The highest BCUT2D eigenvalue weighted by Crippen LogP contribution is 2.46. The van der Waals surface area contributed by atoms with Gasteiger partial charge in [0.05, 0.1) is 0 Å². The van der Waals surface area contributed by atoms with Gasteiger partial charge in [-0.05, 0) is 45.0 Å². The number of hydrogen-bond donors (Lipinski definition) is 0. The average Bonchev–Trinajstić information content (AvgIpc) is 2.87. The zero-order valence-electron chi connectivity index (χ0n) is 16.9. The van der Waals surface area contributed by atoms with Crippen LogP contribution in [0.2, 0.25) is 0 Å². The summed E-state index contributed by atoms with van der Waals surface area (Å²) in [6.07, 6.45) is 2.82. The summed E-state index contributed by atoms with van der Waals surface area (Å²) < 4.78 is 0. The van der Waals surface area contributed by atoms with Gasteiger partial charge < -0.3 is 9.80 Å². The van der Waals surface area contributed by atoms with E-state index in [4.69, 9.17) is 0 Å². The molecule has 2 atom stereocenters. The lowest BCUT2D eigenvalue weighted by Crippen LogP contribution is -2.50. The maximum atomic E-state index is 12.8. The van der Waals surface area contributed by atoms with E-state index in [0.29, 0.717) is 24.3 Å². The van der Waals surface area contributed by atoms with Gasteiger partial charge in [-0.25, -0.2) is 0 Å². The average molecular weight is 358 g/mol. The number of carbonyl (C=O) groups is 1. The van der Waals surface area contributed by atoms with Crippen LogP contribution in [-0.2, 0) is 10.2 Å². The van der Waals surface area contributed by atoms with Gasteiger partial charge in [-0.3, -0.25) is 9.69 Å². The quantitative estimate of drug-likeness (QED) is 0.783. The summed E-state index contributed by atoms with van der Waals surface area (Å²) in [4.78, 5) is 19.8. The molecule has 0 spiro atoms. The van der Waals surface area contributed by atoms with Gasteiger partial charge in [-0.1, -0.05) is 44.2 Å². The Kier molecular flexibility index (Phi) is 6.03. The van der Waals surface area contributed by atoms with Crippen molar-refractivity contribution in [1.29, 1.82) is 0 Å². The molecule has 1 aromatic rings. The lowest BCUT2D eigenvalue weighted by molar-refractivity contribution is -0.131. The molecular weight excluding hydrogens is 322 g/mol. The van der Waals surface area contributed by atoms with Crippen LogP contribution in [0.25, 0.3) is 0 Å². The Morgan fingerprint density at radius 1 is 1.19 bits per heavy atom. The number of carbonyl (C=O) groups excluding carboxylic acids is 1.